The summed E-state index contributed by atoms with van der Waals surface area (Å²) in [6.07, 6.45) is 1.97. The summed E-state index contributed by atoms with van der Waals surface area (Å²) >= 11 is 0. The summed E-state index contributed by atoms with van der Waals surface area (Å²) in [4.78, 5) is 38.1. The molecule has 128 valence electrons. The average molecular weight is 339 g/mol. The van der Waals surface area contributed by atoms with Crippen LogP contribution in [0, 0.1) is 11.8 Å². The van der Waals surface area contributed by atoms with Gasteiger partial charge in [0, 0.05) is 18.5 Å². The van der Waals surface area contributed by atoms with Gasteiger partial charge in [0.25, 0.3) is 11.8 Å². The largest absolute Gasteiger partial charge is 0.497 e. The van der Waals surface area contributed by atoms with Crippen molar-refractivity contribution in [3.63, 3.8) is 0 Å². The SMILES string of the molecule is C=CCC#C[C@]1(CN2Cc3ccc(OC)cc3C2=O)NC(=O)NC1=O. The zero-order valence-electron chi connectivity index (χ0n) is 13.7. The number of allylic oxidation sites excluding steroid dienone is 1. The van der Waals surface area contributed by atoms with E-state index >= 15 is 0 Å². The minimum atomic E-state index is -1.46. The molecule has 0 saturated carbocycles. The highest BCUT2D eigenvalue weighted by atomic mass is 16.5. The third-order valence-corrected chi connectivity index (χ3v) is 4.11. The highest BCUT2D eigenvalue weighted by Crippen LogP contribution is 2.28. The number of nitrogens with zero attached hydrogens (tertiary/aromatic N) is 1. The molecule has 1 saturated heterocycles. The van der Waals surface area contributed by atoms with Crippen molar-refractivity contribution in [1.82, 2.24) is 15.5 Å². The normalized spacial score (nSPS) is 21.2. The van der Waals surface area contributed by atoms with E-state index in [2.05, 4.69) is 29.1 Å². The standard InChI is InChI=1S/C18H17N3O4/c1-3-4-5-8-18(16(23)19-17(24)20-18)11-21-10-12-6-7-13(25-2)9-14(12)15(21)22/h3,6-7,9H,1,4,10-11H2,2H3,(H2,19,20,23,24)/t18-/m1/s1. The van der Waals surface area contributed by atoms with Gasteiger partial charge in [0.15, 0.2) is 5.54 Å². The van der Waals surface area contributed by atoms with Crippen molar-refractivity contribution in [1.29, 1.82) is 0 Å². The molecule has 2 heterocycles. The van der Waals surface area contributed by atoms with Gasteiger partial charge >= 0.3 is 6.03 Å². The Balaban J connectivity index is 1.88. The van der Waals surface area contributed by atoms with Gasteiger partial charge in [-0.15, -0.1) is 6.58 Å². The van der Waals surface area contributed by atoms with Crippen LogP contribution >= 0.6 is 0 Å². The molecule has 0 bridgehead atoms. The molecular weight excluding hydrogens is 322 g/mol. The molecule has 3 rings (SSSR count). The van der Waals surface area contributed by atoms with E-state index in [1.807, 2.05) is 6.07 Å². The minimum Gasteiger partial charge on any atom is -0.497 e. The van der Waals surface area contributed by atoms with Gasteiger partial charge in [-0.1, -0.05) is 24.0 Å². The third kappa shape index (κ3) is 2.94. The van der Waals surface area contributed by atoms with Crippen molar-refractivity contribution in [3.05, 3.63) is 42.0 Å². The number of hydrogen-bond donors (Lipinski definition) is 2. The van der Waals surface area contributed by atoms with Crippen LogP contribution in [0.4, 0.5) is 4.79 Å². The molecule has 0 spiro atoms. The summed E-state index contributed by atoms with van der Waals surface area (Å²) in [6.45, 7) is 3.88. The van der Waals surface area contributed by atoms with Crippen LogP contribution in [0.15, 0.2) is 30.9 Å². The lowest BCUT2D eigenvalue weighted by molar-refractivity contribution is -0.122. The van der Waals surface area contributed by atoms with Crippen LogP contribution in [0.2, 0.25) is 0 Å². The van der Waals surface area contributed by atoms with Crippen LogP contribution in [0.3, 0.4) is 0 Å². The van der Waals surface area contributed by atoms with Crippen molar-refractivity contribution in [2.45, 2.75) is 18.5 Å². The number of urea groups is 1. The predicted molar refractivity (Wildman–Crippen MR) is 89.7 cm³/mol. The van der Waals surface area contributed by atoms with Gasteiger partial charge in [0.2, 0.25) is 0 Å². The number of benzene rings is 1. The van der Waals surface area contributed by atoms with Gasteiger partial charge in [-0.05, 0) is 17.7 Å². The Morgan fingerprint density at radius 1 is 1.40 bits per heavy atom. The second kappa shape index (κ2) is 6.32. The van der Waals surface area contributed by atoms with E-state index in [4.69, 9.17) is 4.74 Å². The summed E-state index contributed by atoms with van der Waals surface area (Å²) in [6, 6.07) is 4.64. The first kappa shape index (κ1) is 16.6. The molecule has 1 atom stereocenters. The maximum Gasteiger partial charge on any atom is 0.323 e. The molecular formula is C18H17N3O4. The van der Waals surface area contributed by atoms with E-state index in [0.29, 0.717) is 24.3 Å². The zero-order chi connectivity index (χ0) is 18.0. The van der Waals surface area contributed by atoms with E-state index < -0.39 is 17.5 Å². The molecule has 1 aromatic rings. The first-order chi connectivity index (χ1) is 12.0. The molecule has 2 aliphatic heterocycles. The van der Waals surface area contributed by atoms with E-state index in [9.17, 15) is 14.4 Å². The van der Waals surface area contributed by atoms with Gasteiger partial charge in [-0.25, -0.2) is 4.79 Å². The molecule has 0 aliphatic carbocycles. The highest BCUT2D eigenvalue weighted by Gasteiger charge is 2.48. The molecule has 7 nitrogen and oxygen atoms in total. The number of rotatable bonds is 4. The Hall–Kier alpha value is -3.27. The van der Waals surface area contributed by atoms with E-state index in [1.165, 1.54) is 12.0 Å². The molecule has 0 aromatic heterocycles. The van der Waals surface area contributed by atoms with Crippen molar-refractivity contribution >= 4 is 17.8 Å². The van der Waals surface area contributed by atoms with E-state index in [1.54, 1.807) is 18.2 Å². The number of carbonyl (C=O) groups is 3. The van der Waals surface area contributed by atoms with E-state index in [0.717, 1.165) is 5.56 Å². The molecule has 4 amide bonds. The van der Waals surface area contributed by atoms with Gasteiger partial charge in [0.05, 0.1) is 13.7 Å². The number of fused-ring (bicyclic) bond motifs is 1. The monoisotopic (exact) mass is 339 g/mol. The minimum absolute atomic E-state index is 0.0372. The number of hydrogen-bond acceptors (Lipinski definition) is 4. The Kier molecular flexibility index (Phi) is 4.19. The quantitative estimate of drug-likeness (QED) is 0.483. The second-order valence-electron chi connectivity index (χ2n) is 5.79. The summed E-state index contributed by atoms with van der Waals surface area (Å²) in [5, 5.41) is 4.73. The summed E-state index contributed by atoms with van der Waals surface area (Å²) < 4.78 is 5.15. The molecule has 2 N–H and O–H groups in total. The van der Waals surface area contributed by atoms with Crippen LogP contribution in [0.25, 0.3) is 0 Å². The predicted octanol–water partition coefficient (Wildman–Crippen LogP) is 0.809. The Morgan fingerprint density at radius 3 is 2.84 bits per heavy atom. The first-order valence-corrected chi connectivity index (χ1v) is 7.70. The molecule has 0 unspecified atom stereocenters. The van der Waals surface area contributed by atoms with Crippen molar-refractivity contribution in [2.24, 2.45) is 0 Å². The van der Waals surface area contributed by atoms with Crippen molar-refractivity contribution in [2.75, 3.05) is 13.7 Å². The smallest absolute Gasteiger partial charge is 0.323 e. The Labute approximate surface area is 145 Å². The fourth-order valence-corrected chi connectivity index (χ4v) is 2.89. The summed E-state index contributed by atoms with van der Waals surface area (Å²) in [5.41, 5.74) is -0.0926. The van der Waals surface area contributed by atoms with Gasteiger partial charge in [-0.3, -0.25) is 14.9 Å². The van der Waals surface area contributed by atoms with Gasteiger partial charge in [0.1, 0.15) is 5.75 Å². The molecule has 2 aliphatic rings. The number of imide groups is 1. The fraction of sp³-hybridized carbons (Fsp3) is 0.278. The lowest BCUT2D eigenvalue weighted by Gasteiger charge is -2.26. The number of nitrogens with one attached hydrogen (secondary N) is 2. The van der Waals surface area contributed by atoms with Crippen LogP contribution in [-0.4, -0.2) is 41.9 Å². The maximum absolute atomic E-state index is 12.7. The molecule has 7 heteroatoms. The molecule has 0 radical (unpaired) electrons. The second-order valence-corrected chi connectivity index (χ2v) is 5.79. The van der Waals surface area contributed by atoms with Gasteiger partial charge in [-0.2, -0.15) is 0 Å². The van der Waals surface area contributed by atoms with Crippen LogP contribution in [0.5, 0.6) is 5.75 Å². The number of amides is 4. The summed E-state index contributed by atoms with van der Waals surface area (Å²) in [7, 11) is 1.53. The number of ether oxygens (including phenoxy) is 1. The summed E-state index contributed by atoms with van der Waals surface area (Å²) in [5.74, 6) is 5.38. The third-order valence-electron chi connectivity index (χ3n) is 4.11. The molecule has 1 aromatic carbocycles. The van der Waals surface area contributed by atoms with Crippen LogP contribution < -0.4 is 15.4 Å². The van der Waals surface area contributed by atoms with Crippen LogP contribution in [-0.2, 0) is 11.3 Å². The van der Waals surface area contributed by atoms with Crippen molar-refractivity contribution < 1.29 is 19.1 Å². The lowest BCUT2D eigenvalue weighted by Crippen LogP contribution is -2.54. The van der Waals surface area contributed by atoms with E-state index in [-0.39, 0.29) is 12.5 Å². The first-order valence-electron chi connectivity index (χ1n) is 7.70. The lowest BCUT2D eigenvalue weighted by atomic mass is 9.99. The van der Waals surface area contributed by atoms with Crippen molar-refractivity contribution in [3.8, 4) is 17.6 Å². The number of carbonyl (C=O) groups excluding carboxylic acids is 3. The molecule has 25 heavy (non-hydrogen) atoms. The number of methoxy groups -OCH3 is 1. The van der Waals surface area contributed by atoms with Gasteiger partial charge < -0.3 is 15.0 Å². The topological polar surface area (TPSA) is 87.7 Å². The molecule has 1 fully saturated rings. The van der Waals surface area contributed by atoms with Crippen LogP contribution in [0.1, 0.15) is 22.3 Å². The zero-order valence-corrected chi connectivity index (χ0v) is 13.7. The average Bonchev–Trinajstić information content (AvgIpc) is 3.04. The highest BCUT2D eigenvalue weighted by molar-refractivity contribution is 6.10. The Bertz CT molecular complexity index is 836. The Morgan fingerprint density at radius 2 is 2.20 bits per heavy atom. The maximum atomic E-state index is 12.7. The fourth-order valence-electron chi connectivity index (χ4n) is 2.89.